The predicted octanol–water partition coefficient (Wildman–Crippen LogP) is 7.13. The molecule has 1 N–H and O–H groups in total. The van der Waals surface area contributed by atoms with E-state index >= 15 is 0 Å². The summed E-state index contributed by atoms with van der Waals surface area (Å²) in [5, 5.41) is 3.70. The maximum atomic E-state index is 12.7. The number of thioether (sulfide) groups is 1. The zero-order chi connectivity index (χ0) is 26.1. The number of fused-ring (bicyclic) bond motifs is 1. The van der Waals surface area contributed by atoms with E-state index in [0.29, 0.717) is 40.1 Å². The number of methoxy groups -OCH3 is 1. The van der Waals surface area contributed by atoms with Gasteiger partial charge in [-0.05, 0) is 47.9 Å². The second kappa shape index (κ2) is 13.5. The van der Waals surface area contributed by atoms with Gasteiger partial charge in [-0.25, -0.2) is 9.78 Å². The first kappa shape index (κ1) is 27.7. The van der Waals surface area contributed by atoms with Crippen LogP contribution in [-0.2, 0) is 14.3 Å². The number of amides is 1. The topological polar surface area (TPSA) is 90.7 Å². The summed E-state index contributed by atoms with van der Waals surface area (Å²) in [5.41, 5.74) is 4.70. The van der Waals surface area contributed by atoms with Crippen LogP contribution < -0.4 is 5.32 Å². The summed E-state index contributed by atoms with van der Waals surface area (Å²) in [6.45, 7) is 8.48. The molecule has 0 radical (unpaired) electrons. The molecule has 1 amide bonds. The summed E-state index contributed by atoms with van der Waals surface area (Å²) in [7, 11) is 1.46. The normalized spacial score (nSPS) is 11.4. The van der Waals surface area contributed by atoms with Crippen molar-refractivity contribution in [3.8, 4) is 0 Å². The molecule has 36 heavy (non-hydrogen) atoms. The molecule has 0 saturated carbocycles. The number of esters is 1. The Bertz CT molecular complexity index is 1150. The summed E-state index contributed by atoms with van der Waals surface area (Å²) < 4.78 is 15.6. The zero-order valence-corrected chi connectivity index (χ0v) is 22.6. The van der Waals surface area contributed by atoms with Gasteiger partial charge in [0, 0.05) is 25.0 Å². The van der Waals surface area contributed by atoms with E-state index in [9.17, 15) is 9.59 Å². The first-order valence-corrected chi connectivity index (χ1v) is 13.4. The zero-order valence-electron chi connectivity index (χ0n) is 21.8. The average Bonchev–Trinajstić information content (AvgIpc) is 3.27. The van der Waals surface area contributed by atoms with Gasteiger partial charge in [-0.15, -0.1) is 0 Å². The van der Waals surface area contributed by atoms with E-state index in [1.165, 1.54) is 30.0 Å². The van der Waals surface area contributed by atoms with Crippen LogP contribution in [0.5, 0.6) is 0 Å². The maximum Gasteiger partial charge on any atom is 0.344 e. The lowest BCUT2D eigenvalue weighted by molar-refractivity contribution is -0.116. The van der Waals surface area contributed by atoms with Crippen LogP contribution in [0.3, 0.4) is 0 Å². The Balaban J connectivity index is 1.46. The molecule has 0 fully saturated rings. The molecule has 8 heteroatoms. The minimum absolute atomic E-state index is 0.0597. The first-order chi connectivity index (χ1) is 17.3. The standard InChI is InChI=1S/C28H36N2O5S/c1-18(2)20-11-9-12-21(19(3)4)25(20)30-24(31)15-7-6-8-16-36-28-29-23-14-10-13-22(26(23)35-28)27(32)34-17-33-5/h9-14,18-19H,6-8,15-17H2,1-5H3,(H,30,31). The number of carbonyl (C=O) groups excluding carboxylic acids is 2. The number of unbranched alkanes of at least 4 members (excludes halogenated alkanes) is 2. The number of para-hydroxylation sites is 2. The van der Waals surface area contributed by atoms with Gasteiger partial charge in [-0.2, -0.15) is 0 Å². The molecule has 3 rings (SSSR count). The molecule has 7 nitrogen and oxygen atoms in total. The van der Waals surface area contributed by atoms with Crippen LogP contribution in [0, 0.1) is 0 Å². The number of nitrogens with one attached hydrogen (secondary N) is 1. The monoisotopic (exact) mass is 512 g/mol. The molecular formula is C28H36N2O5S. The van der Waals surface area contributed by atoms with Crippen molar-refractivity contribution in [3.05, 3.63) is 53.1 Å². The van der Waals surface area contributed by atoms with Crippen molar-refractivity contribution in [2.45, 2.75) is 70.4 Å². The smallest absolute Gasteiger partial charge is 0.344 e. The van der Waals surface area contributed by atoms with E-state index < -0.39 is 5.97 Å². The van der Waals surface area contributed by atoms with Crippen molar-refractivity contribution < 1.29 is 23.5 Å². The largest absolute Gasteiger partial charge is 0.435 e. The number of anilines is 1. The second-order valence-electron chi connectivity index (χ2n) is 9.30. The van der Waals surface area contributed by atoms with Crippen LogP contribution in [0.15, 0.2) is 46.0 Å². The SMILES string of the molecule is COCOC(=O)c1cccc2nc(SCCCCCC(=O)Nc3c(C(C)C)cccc3C(C)C)oc12. The Kier molecular flexibility index (Phi) is 10.4. The molecule has 0 aliphatic rings. The van der Waals surface area contributed by atoms with Gasteiger partial charge in [0.15, 0.2) is 12.4 Å². The fourth-order valence-corrected chi connectivity index (χ4v) is 4.79. The van der Waals surface area contributed by atoms with Gasteiger partial charge in [-0.1, -0.05) is 70.1 Å². The van der Waals surface area contributed by atoms with Gasteiger partial charge in [0.25, 0.3) is 5.22 Å². The van der Waals surface area contributed by atoms with Crippen molar-refractivity contribution in [1.82, 2.24) is 4.98 Å². The van der Waals surface area contributed by atoms with Gasteiger partial charge < -0.3 is 19.2 Å². The van der Waals surface area contributed by atoms with Crippen molar-refractivity contribution in [2.75, 3.05) is 25.0 Å². The number of oxazole rings is 1. The number of ether oxygens (including phenoxy) is 2. The number of benzene rings is 2. The molecule has 1 heterocycles. The van der Waals surface area contributed by atoms with Crippen LogP contribution in [-0.4, -0.2) is 36.5 Å². The molecule has 0 atom stereocenters. The van der Waals surface area contributed by atoms with Gasteiger partial charge >= 0.3 is 5.97 Å². The Morgan fingerprint density at radius 3 is 2.36 bits per heavy atom. The molecular weight excluding hydrogens is 476 g/mol. The van der Waals surface area contributed by atoms with Crippen LogP contribution >= 0.6 is 11.8 Å². The molecule has 3 aromatic rings. The highest BCUT2D eigenvalue weighted by atomic mass is 32.2. The van der Waals surface area contributed by atoms with Crippen LogP contribution in [0.25, 0.3) is 11.1 Å². The number of hydrogen-bond donors (Lipinski definition) is 1. The quantitative estimate of drug-likeness (QED) is 0.113. The third-order valence-electron chi connectivity index (χ3n) is 5.83. The third kappa shape index (κ3) is 7.34. The van der Waals surface area contributed by atoms with Crippen molar-refractivity contribution in [3.63, 3.8) is 0 Å². The lowest BCUT2D eigenvalue weighted by Crippen LogP contribution is -2.15. The van der Waals surface area contributed by atoms with Crippen LogP contribution in [0.4, 0.5) is 5.69 Å². The summed E-state index contributed by atoms with van der Waals surface area (Å²) in [6.07, 6.45) is 3.16. The van der Waals surface area contributed by atoms with E-state index in [1.54, 1.807) is 18.2 Å². The Morgan fingerprint density at radius 2 is 1.69 bits per heavy atom. The highest BCUT2D eigenvalue weighted by Crippen LogP contribution is 2.32. The van der Waals surface area contributed by atoms with Gasteiger partial charge in [-0.3, -0.25) is 4.79 Å². The van der Waals surface area contributed by atoms with Crippen molar-refractivity contribution >= 4 is 40.4 Å². The lowest BCUT2D eigenvalue weighted by Gasteiger charge is -2.20. The van der Waals surface area contributed by atoms with E-state index in [2.05, 4.69) is 56.2 Å². The lowest BCUT2D eigenvalue weighted by atomic mass is 9.92. The molecule has 0 aliphatic heterocycles. The minimum Gasteiger partial charge on any atom is -0.435 e. The second-order valence-corrected chi connectivity index (χ2v) is 10.3. The fraction of sp³-hybridized carbons (Fsp3) is 0.464. The van der Waals surface area contributed by atoms with Gasteiger partial charge in [0.2, 0.25) is 5.91 Å². The van der Waals surface area contributed by atoms with Crippen molar-refractivity contribution in [1.29, 1.82) is 0 Å². The highest BCUT2D eigenvalue weighted by Gasteiger charge is 2.18. The van der Waals surface area contributed by atoms with Crippen molar-refractivity contribution in [2.24, 2.45) is 0 Å². The molecule has 2 aromatic carbocycles. The summed E-state index contributed by atoms with van der Waals surface area (Å²) in [6, 6.07) is 11.5. The third-order valence-corrected chi connectivity index (χ3v) is 6.75. The number of hydrogen-bond acceptors (Lipinski definition) is 7. The number of aromatic nitrogens is 1. The number of nitrogens with zero attached hydrogens (tertiary/aromatic N) is 1. The van der Waals surface area contributed by atoms with Crippen LogP contribution in [0.1, 0.15) is 86.7 Å². The van der Waals surface area contributed by atoms with E-state index in [0.717, 1.165) is 30.7 Å². The summed E-state index contributed by atoms with van der Waals surface area (Å²) in [5.74, 6) is 1.05. The van der Waals surface area contributed by atoms with E-state index in [1.807, 2.05) is 0 Å². The van der Waals surface area contributed by atoms with Crippen LogP contribution in [0.2, 0.25) is 0 Å². The predicted molar refractivity (Wildman–Crippen MR) is 144 cm³/mol. The van der Waals surface area contributed by atoms with E-state index in [4.69, 9.17) is 13.9 Å². The molecule has 0 aliphatic carbocycles. The molecule has 0 saturated heterocycles. The Labute approximate surface area is 217 Å². The van der Waals surface area contributed by atoms with Gasteiger partial charge in [0.05, 0.1) is 0 Å². The fourth-order valence-electron chi connectivity index (χ4n) is 3.96. The number of rotatable bonds is 13. The summed E-state index contributed by atoms with van der Waals surface area (Å²) >= 11 is 1.50. The first-order valence-electron chi connectivity index (χ1n) is 12.4. The number of carbonyl (C=O) groups is 2. The molecule has 1 aromatic heterocycles. The Hall–Kier alpha value is -2.84. The highest BCUT2D eigenvalue weighted by molar-refractivity contribution is 7.99. The molecule has 0 spiro atoms. The molecule has 0 unspecified atom stereocenters. The molecule has 194 valence electrons. The molecule has 0 bridgehead atoms. The minimum atomic E-state index is -0.509. The average molecular weight is 513 g/mol. The van der Waals surface area contributed by atoms with E-state index in [-0.39, 0.29) is 12.7 Å². The Morgan fingerprint density at radius 1 is 1.00 bits per heavy atom. The maximum absolute atomic E-state index is 12.7. The van der Waals surface area contributed by atoms with Gasteiger partial charge in [0.1, 0.15) is 11.1 Å². The summed E-state index contributed by atoms with van der Waals surface area (Å²) in [4.78, 5) is 29.4.